The van der Waals surface area contributed by atoms with Crippen molar-refractivity contribution < 1.29 is 9.53 Å². The van der Waals surface area contributed by atoms with E-state index in [4.69, 9.17) is 4.74 Å². The second kappa shape index (κ2) is 8.87. The molecule has 4 aromatic rings. The lowest BCUT2D eigenvalue weighted by Crippen LogP contribution is -2.17. The maximum atomic E-state index is 13.0. The second-order valence-corrected chi connectivity index (χ2v) is 8.72. The fourth-order valence-electron chi connectivity index (χ4n) is 3.17. The van der Waals surface area contributed by atoms with Gasteiger partial charge in [0.05, 0.1) is 17.9 Å². The highest BCUT2D eigenvalue weighted by atomic mass is 32.1. The minimum Gasteiger partial charge on any atom is -0.462 e. The monoisotopic (exact) mass is 451 g/mol. The van der Waals surface area contributed by atoms with Gasteiger partial charge in [-0.25, -0.2) is 14.5 Å². The number of benzene rings is 1. The molecule has 3 heterocycles. The third-order valence-corrected chi connectivity index (χ3v) is 6.55. The molecule has 31 heavy (non-hydrogen) atoms. The quantitative estimate of drug-likeness (QED) is 0.311. The molecule has 0 aliphatic heterocycles. The van der Waals surface area contributed by atoms with Gasteiger partial charge in [0.25, 0.3) is 5.56 Å². The molecule has 4 rings (SSSR count). The summed E-state index contributed by atoms with van der Waals surface area (Å²) in [5, 5.41) is 7.48. The average Bonchev–Trinajstić information content (AvgIpc) is 3.47. The topological polar surface area (TPSA) is 76.4 Å². The third kappa shape index (κ3) is 4.17. The van der Waals surface area contributed by atoms with Crippen LogP contribution in [-0.4, -0.2) is 28.6 Å². The zero-order valence-electron chi connectivity index (χ0n) is 17.3. The van der Waals surface area contributed by atoms with Gasteiger partial charge in [0, 0.05) is 27.7 Å². The SMILES string of the molecule is CCOC(=O)c1c(-c2cccs2)csc1/N=C/c1c(C)[nH]n(-c2ccc(C)cc2)c1=O. The van der Waals surface area contributed by atoms with Gasteiger partial charge >= 0.3 is 5.97 Å². The predicted octanol–water partition coefficient (Wildman–Crippen LogP) is 5.50. The molecule has 0 aliphatic rings. The van der Waals surface area contributed by atoms with Crippen LogP contribution in [0.5, 0.6) is 0 Å². The number of esters is 1. The summed E-state index contributed by atoms with van der Waals surface area (Å²) in [5.41, 5.74) is 4.04. The lowest BCUT2D eigenvalue weighted by atomic mass is 10.1. The molecule has 0 radical (unpaired) electrons. The molecule has 3 aromatic heterocycles. The Bertz CT molecular complexity index is 1290. The van der Waals surface area contributed by atoms with Gasteiger partial charge in [-0.3, -0.25) is 9.89 Å². The molecule has 158 valence electrons. The first-order chi connectivity index (χ1) is 15.0. The molecule has 0 atom stereocenters. The van der Waals surface area contributed by atoms with E-state index in [-0.39, 0.29) is 12.2 Å². The molecule has 1 aromatic carbocycles. The van der Waals surface area contributed by atoms with Crippen molar-refractivity contribution in [3.8, 4) is 16.1 Å². The molecule has 6 nitrogen and oxygen atoms in total. The largest absolute Gasteiger partial charge is 0.462 e. The number of H-pyrrole nitrogens is 1. The summed E-state index contributed by atoms with van der Waals surface area (Å²) in [6.45, 7) is 5.87. The van der Waals surface area contributed by atoms with E-state index in [1.807, 2.05) is 61.0 Å². The smallest absolute Gasteiger partial charge is 0.341 e. The van der Waals surface area contributed by atoms with Crippen LogP contribution in [0.4, 0.5) is 5.00 Å². The van der Waals surface area contributed by atoms with E-state index in [0.29, 0.717) is 21.8 Å². The minimum atomic E-state index is -0.415. The average molecular weight is 452 g/mol. The van der Waals surface area contributed by atoms with Crippen molar-refractivity contribution in [2.75, 3.05) is 6.61 Å². The Morgan fingerprint density at radius 1 is 1.19 bits per heavy atom. The summed E-state index contributed by atoms with van der Waals surface area (Å²) < 4.78 is 6.76. The van der Waals surface area contributed by atoms with E-state index in [1.165, 1.54) is 22.2 Å². The van der Waals surface area contributed by atoms with Crippen LogP contribution in [0.15, 0.2) is 56.9 Å². The number of nitrogens with one attached hydrogen (secondary N) is 1. The van der Waals surface area contributed by atoms with Gasteiger partial charge < -0.3 is 4.74 Å². The summed E-state index contributed by atoms with van der Waals surface area (Å²) in [6.07, 6.45) is 1.52. The first kappa shape index (κ1) is 21.0. The van der Waals surface area contributed by atoms with Crippen molar-refractivity contribution in [2.45, 2.75) is 20.8 Å². The van der Waals surface area contributed by atoms with Crippen LogP contribution in [0.25, 0.3) is 16.1 Å². The normalized spacial score (nSPS) is 11.3. The Morgan fingerprint density at radius 3 is 2.65 bits per heavy atom. The maximum Gasteiger partial charge on any atom is 0.341 e. The number of rotatable bonds is 6. The van der Waals surface area contributed by atoms with Gasteiger partial charge in [-0.15, -0.1) is 22.7 Å². The molecule has 0 amide bonds. The van der Waals surface area contributed by atoms with Crippen molar-refractivity contribution in [2.24, 2.45) is 4.99 Å². The van der Waals surface area contributed by atoms with Crippen LogP contribution in [0, 0.1) is 13.8 Å². The number of aliphatic imine (C=N–C) groups is 1. The third-order valence-electron chi connectivity index (χ3n) is 4.76. The number of ether oxygens (including phenoxy) is 1. The van der Waals surface area contributed by atoms with E-state index in [9.17, 15) is 9.59 Å². The van der Waals surface area contributed by atoms with Gasteiger partial charge in [-0.05, 0) is 44.4 Å². The van der Waals surface area contributed by atoms with Gasteiger partial charge in [0.15, 0.2) is 0 Å². The van der Waals surface area contributed by atoms with E-state index in [1.54, 1.807) is 18.3 Å². The van der Waals surface area contributed by atoms with Crippen molar-refractivity contribution in [1.29, 1.82) is 0 Å². The fraction of sp³-hybridized carbons (Fsp3) is 0.174. The zero-order chi connectivity index (χ0) is 22.0. The molecule has 0 fully saturated rings. The zero-order valence-corrected chi connectivity index (χ0v) is 19.0. The Hall–Kier alpha value is -3.23. The molecule has 0 saturated carbocycles. The number of aryl methyl sites for hydroxylation is 2. The molecule has 0 aliphatic carbocycles. The highest BCUT2D eigenvalue weighted by molar-refractivity contribution is 7.16. The van der Waals surface area contributed by atoms with E-state index >= 15 is 0 Å². The molecule has 0 saturated heterocycles. The summed E-state index contributed by atoms with van der Waals surface area (Å²) in [5.74, 6) is -0.415. The number of thiophene rings is 2. The van der Waals surface area contributed by atoms with Crippen LogP contribution < -0.4 is 5.56 Å². The van der Waals surface area contributed by atoms with Gasteiger partial charge in [-0.1, -0.05) is 23.8 Å². The Balaban J connectivity index is 1.73. The summed E-state index contributed by atoms with van der Waals surface area (Å²) >= 11 is 2.90. The van der Waals surface area contributed by atoms with Crippen LogP contribution in [-0.2, 0) is 4.74 Å². The van der Waals surface area contributed by atoms with Crippen molar-refractivity contribution in [1.82, 2.24) is 9.78 Å². The van der Waals surface area contributed by atoms with Gasteiger partial charge in [0.1, 0.15) is 10.6 Å². The molecular weight excluding hydrogens is 430 g/mol. The molecule has 1 N–H and O–H groups in total. The Labute approximate surface area is 187 Å². The first-order valence-corrected chi connectivity index (χ1v) is 11.5. The number of hydrogen-bond donors (Lipinski definition) is 1. The van der Waals surface area contributed by atoms with Crippen LogP contribution >= 0.6 is 22.7 Å². The van der Waals surface area contributed by atoms with E-state index in [2.05, 4.69) is 10.1 Å². The number of aromatic amines is 1. The lowest BCUT2D eigenvalue weighted by Gasteiger charge is -2.03. The number of carbonyl (C=O) groups is 1. The molecular formula is C23H21N3O3S2. The van der Waals surface area contributed by atoms with Gasteiger partial charge in [0.2, 0.25) is 0 Å². The lowest BCUT2D eigenvalue weighted by molar-refractivity contribution is 0.0529. The van der Waals surface area contributed by atoms with Crippen LogP contribution in [0.3, 0.4) is 0 Å². The minimum absolute atomic E-state index is 0.196. The van der Waals surface area contributed by atoms with Gasteiger partial charge in [-0.2, -0.15) is 0 Å². The number of hydrogen-bond acceptors (Lipinski definition) is 6. The van der Waals surface area contributed by atoms with Crippen LogP contribution in [0.2, 0.25) is 0 Å². The predicted molar refractivity (Wildman–Crippen MR) is 127 cm³/mol. The fourth-order valence-corrected chi connectivity index (χ4v) is 4.89. The number of nitrogens with zero attached hydrogens (tertiary/aromatic N) is 2. The van der Waals surface area contributed by atoms with Crippen molar-refractivity contribution >= 4 is 39.9 Å². The number of aromatic nitrogens is 2. The second-order valence-electron chi connectivity index (χ2n) is 6.91. The first-order valence-electron chi connectivity index (χ1n) is 9.74. The highest BCUT2D eigenvalue weighted by Crippen LogP contribution is 2.39. The maximum absolute atomic E-state index is 13.0. The highest BCUT2D eigenvalue weighted by Gasteiger charge is 2.22. The van der Waals surface area contributed by atoms with E-state index < -0.39 is 5.97 Å². The molecule has 0 spiro atoms. The standard InChI is InChI=1S/C23H21N3O3S2/c1-4-29-23(28)20-18(19-6-5-11-30-19)13-31-21(20)24-12-17-15(3)25-26(22(17)27)16-9-7-14(2)8-10-16/h5-13,25H,4H2,1-3H3/b24-12+. The molecule has 8 heteroatoms. The molecule has 0 unspecified atom stereocenters. The summed E-state index contributed by atoms with van der Waals surface area (Å²) in [6, 6.07) is 11.6. The van der Waals surface area contributed by atoms with E-state index in [0.717, 1.165) is 21.7 Å². The number of carbonyl (C=O) groups excluding carboxylic acids is 1. The Morgan fingerprint density at radius 2 is 1.97 bits per heavy atom. The van der Waals surface area contributed by atoms with Crippen molar-refractivity contribution in [3.05, 3.63) is 79.9 Å². The molecule has 0 bridgehead atoms. The van der Waals surface area contributed by atoms with Crippen LogP contribution in [0.1, 0.15) is 34.1 Å². The summed E-state index contributed by atoms with van der Waals surface area (Å²) in [4.78, 5) is 31.1. The van der Waals surface area contributed by atoms with Crippen molar-refractivity contribution in [3.63, 3.8) is 0 Å². The Kier molecular flexibility index (Phi) is 6.01. The summed E-state index contributed by atoms with van der Waals surface area (Å²) in [7, 11) is 0.